The summed E-state index contributed by atoms with van der Waals surface area (Å²) in [5.41, 5.74) is 7.86. The molecule has 7 nitrogen and oxygen atoms in total. The smallest absolute Gasteiger partial charge is 0.475 e. The van der Waals surface area contributed by atoms with E-state index in [2.05, 4.69) is 5.32 Å². The van der Waals surface area contributed by atoms with Crippen LogP contribution in [0.1, 0.15) is 46.8 Å². The van der Waals surface area contributed by atoms with E-state index >= 15 is 0 Å². The largest absolute Gasteiger partial charge is 0.490 e. The molecule has 10 heteroatoms. The Bertz CT molecular complexity index is 945. The molecule has 2 amide bonds. The van der Waals surface area contributed by atoms with Gasteiger partial charge in [0.2, 0.25) is 5.91 Å². The summed E-state index contributed by atoms with van der Waals surface area (Å²) in [5, 5.41) is 10.1. The van der Waals surface area contributed by atoms with Gasteiger partial charge in [0.15, 0.2) is 0 Å². The number of amides is 2. The third-order valence-electron chi connectivity index (χ3n) is 4.99. The maximum absolute atomic E-state index is 13.1. The van der Waals surface area contributed by atoms with E-state index in [0.717, 1.165) is 43.5 Å². The predicted molar refractivity (Wildman–Crippen MR) is 115 cm³/mol. The van der Waals surface area contributed by atoms with Crippen LogP contribution < -0.4 is 11.1 Å². The Hall–Kier alpha value is -3.40. The van der Waals surface area contributed by atoms with E-state index < -0.39 is 18.2 Å². The Balaban J connectivity index is 0.000000479. The summed E-state index contributed by atoms with van der Waals surface area (Å²) in [7, 11) is 0. The number of carbonyl (C=O) groups excluding carboxylic acids is 2. The van der Waals surface area contributed by atoms with E-state index in [1.807, 2.05) is 41.3 Å². The van der Waals surface area contributed by atoms with Crippen LogP contribution >= 0.6 is 0 Å². The minimum absolute atomic E-state index is 0.0424. The number of hydrogen-bond acceptors (Lipinski definition) is 4. The Morgan fingerprint density at radius 2 is 1.61 bits per heavy atom. The fraction of sp³-hybridized carbons (Fsp3) is 0.348. The number of nitrogens with zero attached hydrogens (tertiary/aromatic N) is 1. The highest BCUT2D eigenvalue weighted by molar-refractivity contribution is 5.98. The van der Waals surface area contributed by atoms with Crippen molar-refractivity contribution >= 4 is 17.8 Å². The van der Waals surface area contributed by atoms with Crippen molar-refractivity contribution < 1.29 is 32.7 Å². The second kappa shape index (κ2) is 12.0. The molecule has 1 saturated heterocycles. The normalized spacial score (nSPS) is 14.5. The molecule has 33 heavy (non-hydrogen) atoms. The maximum Gasteiger partial charge on any atom is 0.490 e. The third-order valence-corrected chi connectivity index (χ3v) is 4.99. The van der Waals surface area contributed by atoms with Gasteiger partial charge in [-0.2, -0.15) is 13.2 Å². The number of nitrogens with two attached hydrogens (primary N) is 1. The molecule has 1 aliphatic heterocycles. The fourth-order valence-corrected chi connectivity index (χ4v) is 3.28. The number of piperidine rings is 1. The highest BCUT2D eigenvalue weighted by atomic mass is 19.4. The molecular weight excluding hydrogens is 439 g/mol. The van der Waals surface area contributed by atoms with Crippen molar-refractivity contribution in [2.45, 2.75) is 38.0 Å². The number of benzene rings is 2. The maximum atomic E-state index is 13.1. The van der Waals surface area contributed by atoms with Crippen LogP contribution in [0.25, 0.3) is 0 Å². The quantitative estimate of drug-likeness (QED) is 0.628. The zero-order valence-corrected chi connectivity index (χ0v) is 17.8. The lowest BCUT2D eigenvalue weighted by Crippen LogP contribution is -2.45. The highest BCUT2D eigenvalue weighted by Crippen LogP contribution is 2.20. The van der Waals surface area contributed by atoms with E-state index in [1.54, 1.807) is 18.2 Å². The first-order valence-corrected chi connectivity index (χ1v) is 10.4. The molecule has 2 aromatic rings. The predicted octanol–water partition coefficient (Wildman–Crippen LogP) is 3.26. The molecule has 1 atom stereocenters. The van der Waals surface area contributed by atoms with Gasteiger partial charge in [0.1, 0.15) is 6.04 Å². The second-order valence-electron chi connectivity index (χ2n) is 7.41. The summed E-state index contributed by atoms with van der Waals surface area (Å²) in [6.45, 7) is 1.87. The van der Waals surface area contributed by atoms with Crippen LogP contribution in [0.4, 0.5) is 13.2 Å². The first-order chi connectivity index (χ1) is 15.6. The summed E-state index contributed by atoms with van der Waals surface area (Å²) in [4.78, 5) is 36.6. The molecule has 2 aromatic carbocycles. The van der Waals surface area contributed by atoms with Crippen LogP contribution in [-0.4, -0.2) is 47.1 Å². The minimum atomic E-state index is -5.08. The zero-order chi connectivity index (χ0) is 24.4. The first kappa shape index (κ1) is 25.9. The highest BCUT2D eigenvalue weighted by Gasteiger charge is 2.38. The van der Waals surface area contributed by atoms with E-state index in [0.29, 0.717) is 12.1 Å². The SMILES string of the molecule is NCc1cccc(C(=O)N[C@@H](C(=O)N2CCCCC2)c2ccccc2)c1.O=C(O)C(F)(F)F. The molecule has 1 heterocycles. The van der Waals surface area contributed by atoms with E-state index in [-0.39, 0.29) is 11.8 Å². The number of likely N-dealkylation sites (tertiary alicyclic amines) is 1. The van der Waals surface area contributed by atoms with Gasteiger partial charge in [-0.05, 0) is 42.5 Å². The summed E-state index contributed by atoms with van der Waals surface area (Å²) >= 11 is 0. The average molecular weight is 465 g/mol. The first-order valence-electron chi connectivity index (χ1n) is 10.4. The molecule has 0 bridgehead atoms. The van der Waals surface area contributed by atoms with Crippen LogP contribution in [0.3, 0.4) is 0 Å². The molecule has 1 fully saturated rings. The van der Waals surface area contributed by atoms with Gasteiger partial charge in [-0.15, -0.1) is 0 Å². The second-order valence-corrected chi connectivity index (χ2v) is 7.41. The Labute approximate surface area is 189 Å². The number of aliphatic carboxylic acids is 1. The standard InChI is InChI=1S/C21H25N3O2.C2HF3O2/c22-15-16-8-7-11-18(14-16)20(25)23-19(17-9-3-1-4-10-17)21(26)24-12-5-2-6-13-24;3-2(4,5)1(6)7/h1,3-4,7-11,14,19H,2,5-6,12-13,15,22H2,(H,23,25);(H,6,7)/t19-;/m1./s1. The van der Waals surface area contributed by atoms with Crippen LogP contribution in [0, 0.1) is 0 Å². The monoisotopic (exact) mass is 465 g/mol. The molecule has 0 aromatic heterocycles. The van der Waals surface area contributed by atoms with Crippen molar-refractivity contribution in [1.82, 2.24) is 10.2 Å². The van der Waals surface area contributed by atoms with Crippen molar-refractivity contribution in [3.8, 4) is 0 Å². The van der Waals surface area contributed by atoms with E-state index in [4.69, 9.17) is 15.6 Å². The summed E-state index contributed by atoms with van der Waals surface area (Å²) in [6, 6.07) is 15.9. The minimum Gasteiger partial charge on any atom is -0.475 e. The number of alkyl halides is 3. The van der Waals surface area contributed by atoms with Gasteiger partial charge < -0.3 is 21.1 Å². The number of carboxylic acid groups (broad SMARTS) is 1. The average Bonchev–Trinajstić information content (AvgIpc) is 2.83. The van der Waals surface area contributed by atoms with E-state index in [1.165, 1.54) is 0 Å². The molecule has 0 aliphatic carbocycles. The van der Waals surface area contributed by atoms with Crippen molar-refractivity contribution in [1.29, 1.82) is 0 Å². The van der Waals surface area contributed by atoms with Gasteiger partial charge in [0, 0.05) is 25.2 Å². The molecule has 178 valence electrons. The molecule has 3 rings (SSSR count). The van der Waals surface area contributed by atoms with Gasteiger partial charge in [-0.3, -0.25) is 9.59 Å². The van der Waals surface area contributed by atoms with Crippen molar-refractivity contribution in [2.24, 2.45) is 5.73 Å². The Kier molecular flexibility index (Phi) is 9.41. The molecule has 0 spiro atoms. The third kappa shape index (κ3) is 7.90. The van der Waals surface area contributed by atoms with Crippen molar-refractivity contribution in [3.05, 3.63) is 71.3 Å². The van der Waals surface area contributed by atoms with E-state index in [9.17, 15) is 22.8 Å². The molecule has 0 saturated carbocycles. The number of hydrogen-bond donors (Lipinski definition) is 3. The fourth-order valence-electron chi connectivity index (χ4n) is 3.28. The Morgan fingerprint density at radius 1 is 1.00 bits per heavy atom. The van der Waals surface area contributed by atoms with Gasteiger partial charge in [0.25, 0.3) is 5.91 Å². The Morgan fingerprint density at radius 3 is 2.15 bits per heavy atom. The van der Waals surface area contributed by atoms with Crippen LogP contribution in [0.15, 0.2) is 54.6 Å². The van der Waals surface area contributed by atoms with Crippen molar-refractivity contribution in [2.75, 3.05) is 13.1 Å². The number of rotatable bonds is 5. The lowest BCUT2D eigenvalue weighted by molar-refractivity contribution is -0.192. The lowest BCUT2D eigenvalue weighted by Gasteiger charge is -2.31. The van der Waals surface area contributed by atoms with Crippen LogP contribution in [-0.2, 0) is 16.1 Å². The number of nitrogens with one attached hydrogen (secondary N) is 1. The summed E-state index contributed by atoms with van der Waals surface area (Å²) in [5.74, 6) is -3.06. The van der Waals surface area contributed by atoms with Gasteiger partial charge >= 0.3 is 12.1 Å². The molecule has 1 aliphatic rings. The topological polar surface area (TPSA) is 113 Å². The van der Waals surface area contributed by atoms with Gasteiger partial charge in [-0.1, -0.05) is 42.5 Å². The van der Waals surface area contributed by atoms with Gasteiger partial charge in [-0.25, -0.2) is 4.79 Å². The van der Waals surface area contributed by atoms with Crippen LogP contribution in [0.2, 0.25) is 0 Å². The van der Waals surface area contributed by atoms with Gasteiger partial charge in [0.05, 0.1) is 0 Å². The summed E-state index contributed by atoms with van der Waals surface area (Å²) < 4.78 is 31.7. The number of carboxylic acids is 1. The van der Waals surface area contributed by atoms with Crippen LogP contribution in [0.5, 0.6) is 0 Å². The molecular formula is C23H26F3N3O4. The van der Waals surface area contributed by atoms with Crippen molar-refractivity contribution in [3.63, 3.8) is 0 Å². The lowest BCUT2D eigenvalue weighted by atomic mass is 10.0. The molecule has 4 N–H and O–H groups in total. The molecule has 0 unspecified atom stereocenters. The molecule has 0 radical (unpaired) electrons. The zero-order valence-electron chi connectivity index (χ0n) is 17.8. The number of halogens is 3. The number of carbonyl (C=O) groups is 3. The summed E-state index contributed by atoms with van der Waals surface area (Å²) in [6.07, 6.45) is -1.91.